The van der Waals surface area contributed by atoms with Crippen molar-refractivity contribution < 1.29 is 19.5 Å². The van der Waals surface area contributed by atoms with Gasteiger partial charge in [0.25, 0.3) is 0 Å². The molecule has 2 heterocycles. The second-order valence-electron chi connectivity index (χ2n) is 7.11. The van der Waals surface area contributed by atoms with Gasteiger partial charge in [0.05, 0.1) is 12.4 Å². The topological polar surface area (TPSA) is 141 Å². The van der Waals surface area contributed by atoms with Crippen molar-refractivity contribution in [2.75, 3.05) is 6.54 Å². The van der Waals surface area contributed by atoms with Gasteiger partial charge in [-0.1, -0.05) is 13.8 Å². The zero-order valence-electron chi connectivity index (χ0n) is 15.1. The van der Waals surface area contributed by atoms with Crippen LogP contribution in [0.25, 0.3) is 0 Å². The Labute approximate surface area is 152 Å². The van der Waals surface area contributed by atoms with E-state index in [1.807, 2.05) is 13.8 Å². The molecule has 0 radical (unpaired) electrons. The normalized spacial score (nSPS) is 19.4. The molecule has 5 N–H and O–H groups in total. The number of likely N-dealkylation sites (tertiary alicyclic amines) is 1. The Morgan fingerprint density at radius 3 is 2.77 bits per heavy atom. The lowest BCUT2D eigenvalue weighted by Gasteiger charge is -2.28. The number of amides is 2. The molecule has 9 heteroatoms. The van der Waals surface area contributed by atoms with E-state index in [-0.39, 0.29) is 18.2 Å². The van der Waals surface area contributed by atoms with Gasteiger partial charge in [-0.2, -0.15) is 0 Å². The fourth-order valence-corrected chi connectivity index (χ4v) is 3.21. The third-order valence-electron chi connectivity index (χ3n) is 4.47. The molecule has 2 amide bonds. The first-order valence-corrected chi connectivity index (χ1v) is 8.86. The predicted octanol–water partition coefficient (Wildman–Crippen LogP) is -0.114. The number of aromatic nitrogens is 2. The Morgan fingerprint density at radius 1 is 1.46 bits per heavy atom. The van der Waals surface area contributed by atoms with E-state index in [0.29, 0.717) is 31.5 Å². The average molecular weight is 365 g/mol. The summed E-state index contributed by atoms with van der Waals surface area (Å²) in [5.74, 6) is -1.58. The maximum absolute atomic E-state index is 12.6. The lowest BCUT2D eigenvalue weighted by atomic mass is 10.0. The molecule has 9 nitrogen and oxygen atoms in total. The molecule has 3 atom stereocenters. The lowest BCUT2D eigenvalue weighted by molar-refractivity contribution is -0.144. The number of aliphatic carboxylic acids is 1. The lowest BCUT2D eigenvalue weighted by Crippen LogP contribution is -2.54. The van der Waals surface area contributed by atoms with Gasteiger partial charge in [0, 0.05) is 24.9 Å². The summed E-state index contributed by atoms with van der Waals surface area (Å²) in [7, 11) is 0. The van der Waals surface area contributed by atoms with Crippen molar-refractivity contribution in [3.8, 4) is 0 Å². The molecular weight excluding hydrogens is 338 g/mol. The molecule has 0 saturated carbocycles. The van der Waals surface area contributed by atoms with Gasteiger partial charge in [-0.25, -0.2) is 9.78 Å². The van der Waals surface area contributed by atoms with Gasteiger partial charge in [0.1, 0.15) is 12.1 Å². The van der Waals surface area contributed by atoms with Crippen molar-refractivity contribution in [2.45, 2.75) is 57.7 Å². The molecule has 1 aliphatic heterocycles. The molecule has 1 aromatic heterocycles. The van der Waals surface area contributed by atoms with E-state index in [1.165, 1.54) is 17.4 Å². The van der Waals surface area contributed by atoms with E-state index in [9.17, 15) is 19.5 Å². The largest absolute Gasteiger partial charge is 0.480 e. The van der Waals surface area contributed by atoms with Crippen LogP contribution in [0, 0.1) is 5.92 Å². The fourth-order valence-electron chi connectivity index (χ4n) is 3.21. The van der Waals surface area contributed by atoms with Crippen LogP contribution in [0.2, 0.25) is 0 Å². The third kappa shape index (κ3) is 5.04. The van der Waals surface area contributed by atoms with Crippen molar-refractivity contribution in [1.29, 1.82) is 0 Å². The first-order chi connectivity index (χ1) is 12.3. The SMILES string of the molecule is CC(C)C[C@H](N)C(=O)N1CCC[C@H]1C(=O)N[C@@H](Cc1cnc[nH]1)C(=O)O. The Hall–Kier alpha value is -2.42. The summed E-state index contributed by atoms with van der Waals surface area (Å²) >= 11 is 0. The van der Waals surface area contributed by atoms with Crippen molar-refractivity contribution in [3.05, 3.63) is 18.2 Å². The predicted molar refractivity (Wildman–Crippen MR) is 94.0 cm³/mol. The number of carbonyl (C=O) groups excluding carboxylic acids is 2. The molecule has 0 bridgehead atoms. The Bertz CT molecular complexity index is 631. The Morgan fingerprint density at radius 2 is 2.19 bits per heavy atom. The quantitative estimate of drug-likeness (QED) is 0.506. The zero-order chi connectivity index (χ0) is 19.3. The van der Waals surface area contributed by atoms with Crippen LogP contribution < -0.4 is 11.1 Å². The number of hydrogen-bond acceptors (Lipinski definition) is 5. The molecule has 0 spiro atoms. The molecule has 0 aliphatic carbocycles. The number of nitrogens with one attached hydrogen (secondary N) is 2. The van der Waals surface area contributed by atoms with E-state index in [4.69, 9.17) is 5.73 Å². The number of hydrogen-bond donors (Lipinski definition) is 4. The molecule has 0 unspecified atom stereocenters. The minimum atomic E-state index is -1.14. The number of rotatable bonds is 8. The molecule has 144 valence electrons. The minimum absolute atomic E-state index is 0.0919. The van der Waals surface area contributed by atoms with Gasteiger partial charge in [0.15, 0.2) is 0 Å². The van der Waals surface area contributed by atoms with Crippen molar-refractivity contribution in [1.82, 2.24) is 20.2 Å². The number of aromatic amines is 1. The highest BCUT2D eigenvalue weighted by atomic mass is 16.4. The fraction of sp³-hybridized carbons (Fsp3) is 0.647. The first-order valence-electron chi connectivity index (χ1n) is 8.86. The van der Waals surface area contributed by atoms with Gasteiger partial charge in [0.2, 0.25) is 11.8 Å². The van der Waals surface area contributed by atoms with Crippen LogP contribution >= 0.6 is 0 Å². The number of nitrogens with zero attached hydrogens (tertiary/aromatic N) is 2. The summed E-state index contributed by atoms with van der Waals surface area (Å²) in [5.41, 5.74) is 6.58. The van der Waals surface area contributed by atoms with Gasteiger partial charge >= 0.3 is 5.97 Å². The Balaban J connectivity index is 2.01. The van der Waals surface area contributed by atoms with E-state index in [0.717, 1.165) is 0 Å². The number of carboxylic acid groups (broad SMARTS) is 1. The maximum atomic E-state index is 12.6. The summed E-state index contributed by atoms with van der Waals surface area (Å²) in [6, 6.07) is -2.42. The highest BCUT2D eigenvalue weighted by Gasteiger charge is 2.37. The van der Waals surface area contributed by atoms with Gasteiger partial charge in [-0.05, 0) is 25.2 Å². The molecule has 2 rings (SSSR count). The number of nitrogens with two attached hydrogens (primary N) is 1. The number of H-pyrrole nitrogens is 1. The second kappa shape index (κ2) is 8.79. The van der Waals surface area contributed by atoms with Crippen LogP contribution in [-0.4, -0.2) is 62.4 Å². The summed E-state index contributed by atoms with van der Waals surface area (Å²) in [6.45, 7) is 4.42. The van der Waals surface area contributed by atoms with E-state index < -0.39 is 30.0 Å². The third-order valence-corrected chi connectivity index (χ3v) is 4.47. The highest BCUT2D eigenvalue weighted by molar-refractivity contribution is 5.92. The molecule has 1 saturated heterocycles. The van der Waals surface area contributed by atoms with Crippen LogP contribution in [0.5, 0.6) is 0 Å². The van der Waals surface area contributed by atoms with Crippen molar-refractivity contribution >= 4 is 17.8 Å². The smallest absolute Gasteiger partial charge is 0.326 e. The monoisotopic (exact) mass is 365 g/mol. The average Bonchev–Trinajstić information content (AvgIpc) is 3.24. The van der Waals surface area contributed by atoms with Crippen LogP contribution in [0.4, 0.5) is 0 Å². The zero-order valence-corrected chi connectivity index (χ0v) is 15.1. The number of carboxylic acids is 1. The van der Waals surface area contributed by atoms with Crippen LogP contribution in [0.15, 0.2) is 12.5 Å². The molecular formula is C17H27N5O4. The van der Waals surface area contributed by atoms with Gasteiger partial charge < -0.3 is 26.0 Å². The molecule has 1 aromatic rings. The second-order valence-corrected chi connectivity index (χ2v) is 7.11. The van der Waals surface area contributed by atoms with E-state index in [2.05, 4.69) is 15.3 Å². The van der Waals surface area contributed by atoms with Crippen molar-refractivity contribution in [3.63, 3.8) is 0 Å². The molecule has 26 heavy (non-hydrogen) atoms. The van der Waals surface area contributed by atoms with Crippen LogP contribution in [-0.2, 0) is 20.8 Å². The van der Waals surface area contributed by atoms with Gasteiger partial charge in [-0.3, -0.25) is 9.59 Å². The summed E-state index contributed by atoms with van der Waals surface area (Å²) in [5, 5.41) is 11.9. The van der Waals surface area contributed by atoms with Crippen LogP contribution in [0.3, 0.4) is 0 Å². The van der Waals surface area contributed by atoms with Gasteiger partial charge in [-0.15, -0.1) is 0 Å². The highest BCUT2D eigenvalue weighted by Crippen LogP contribution is 2.20. The van der Waals surface area contributed by atoms with Crippen molar-refractivity contribution in [2.24, 2.45) is 11.7 Å². The summed E-state index contributed by atoms with van der Waals surface area (Å²) < 4.78 is 0. The maximum Gasteiger partial charge on any atom is 0.326 e. The molecule has 1 aliphatic rings. The standard InChI is InChI=1S/C17H27N5O4/c1-10(2)6-12(18)16(24)22-5-3-4-14(22)15(23)21-13(17(25)26)7-11-8-19-9-20-11/h8-10,12-14H,3-7,18H2,1-2H3,(H,19,20)(H,21,23)(H,25,26)/t12-,13-,14-/m0/s1. The summed E-state index contributed by atoms with van der Waals surface area (Å²) in [4.78, 5) is 44.8. The summed E-state index contributed by atoms with van der Waals surface area (Å²) in [6.07, 6.45) is 4.79. The van der Waals surface area contributed by atoms with E-state index >= 15 is 0 Å². The molecule has 0 aromatic carbocycles. The minimum Gasteiger partial charge on any atom is -0.480 e. The number of carbonyl (C=O) groups is 3. The Kier molecular flexibility index (Phi) is 6.73. The first kappa shape index (κ1) is 19.9. The molecule has 1 fully saturated rings. The van der Waals surface area contributed by atoms with Crippen LogP contribution in [0.1, 0.15) is 38.8 Å². The number of imidazole rings is 1. The van der Waals surface area contributed by atoms with E-state index in [1.54, 1.807) is 0 Å².